The van der Waals surface area contributed by atoms with Crippen LogP contribution in [0.25, 0.3) is 0 Å². The summed E-state index contributed by atoms with van der Waals surface area (Å²) in [5.41, 5.74) is 6.75. The Morgan fingerprint density at radius 1 is 1.32 bits per heavy atom. The van der Waals surface area contributed by atoms with E-state index in [-0.39, 0.29) is 0 Å². The lowest BCUT2D eigenvalue weighted by atomic mass is 10.2. The van der Waals surface area contributed by atoms with Gasteiger partial charge in [0.15, 0.2) is 23.3 Å². The van der Waals surface area contributed by atoms with E-state index in [1.54, 1.807) is 21.1 Å². The summed E-state index contributed by atoms with van der Waals surface area (Å²) >= 11 is 0. The average Bonchev–Trinajstić information content (AvgIpc) is 2.96. The Balaban J connectivity index is 1.92. The lowest BCUT2D eigenvalue weighted by Gasteiger charge is -2.08. The molecule has 1 heterocycles. The summed E-state index contributed by atoms with van der Waals surface area (Å²) in [6, 6.07) is 5.59. The van der Waals surface area contributed by atoms with Gasteiger partial charge in [-0.25, -0.2) is 4.99 Å². The zero-order valence-electron chi connectivity index (χ0n) is 12.8. The molecule has 0 radical (unpaired) electrons. The van der Waals surface area contributed by atoms with E-state index in [9.17, 15) is 0 Å². The van der Waals surface area contributed by atoms with E-state index in [0.717, 1.165) is 5.56 Å². The SMILES string of the molecule is COc1ccc(CN=C(N)NCc2nc(C)no2)cc1OC. The molecule has 0 aliphatic carbocycles. The highest BCUT2D eigenvalue weighted by atomic mass is 16.5. The molecule has 0 aliphatic rings. The van der Waals surface area contributed by atoms with Crippen molar-refractivity contribution in [2.45, 2.75) is 20.0 Å². The first-order chi connectivity index (χ1) is 10.6. The Morgan fingerprint density at radius 3 is 2.73 bits per heavy atom. The molecule has 0 unspecified atom stereocenters. The summed E-state index contributed by atoms with van der Waals surface area (Å²) in [4.78, 5) is 8.31. The van der Waals surface area contributed by atoms with Crippen molar-refractivity contribution in [1.82, 2.24) is 15.5 Å². The Kier molecular flexibility index (Phi) is 5.18. The number of hydrogen-bond donors (Lipinski definition) is 2. The van der Waals surface area contributed by atoms with Crippen LogP contribution < -0.4 is 20.5 Å². The molecule has 0 atom stereocenters. The molecule has 1 aromatic carbocycles. The monoisotopic (exact) mass is 305 g/mol. The van der Waals surface area contributed by atoms with E-state index >= 15 is 0 Å². The Morgan fingerprint density at radius 2 is 2.09 bits per heavy atom. The van der Waals surface area contributed by atoms with Gasteiger partial charge in [-0.15, -0.1) is 0 Å². The number of nitrogens with zero attached hydrogens (tertiary/aromatic N) is 3. The predicted molar refractivity (Wildman–Crippen MR) is 80.7 cm³/mol. The van der Waals surface area contributed by atoms with E-state index in [4.69, 9.17) is 19.7 Å². The molecule has 1 aromatic heterocycles. The topological polar surface area (TPSA) is 108 Å². The Labute approximate surface area is 128 Å². The number of ether oxygens (including phenoxy) is 2. The minimum Gasteiger partial charge on any atom is -0.493 e. The van der Waals surface area contributed by atoms with Crippen LogP contribution in [0.1, 0.15) is 17.3 Å². The molecule has 0 amide bonds. The van der Waals surface area contributed by atoms with Crippen molar-refractivity contribution in [2.75, 3.05) is 14.2 Å². The normalized spacial score (nSPS) is 11.3. The number of methoxy groups -OCH3 is 2. The summed E-state index contributed by atoms with van der Waals surface area (Å²) in [5, 5.41) is 6.60. The van der Waals surface area contributed by atoms with Crippen molar-refractivity contribution >= 4 is 5.96 Å². The first-order valence-corrected chi connectivity index (χ1v) is 6.66. The van der Waals surface area contributed by atoms with Crippen LogP contribution in [-0.2, 0) is 13.1 Å². The molecular weight excluding hydrogens is 286 g/mol. The molecule has 3 N–H and O–H groups in total. The zero-order chi connectivity index (χ0) is 15.9. The van der Waals surface area contributed by atoms with E-state index in [2.05, 4.69) is 20.4 Å². The standard InChI is InChI=1S/C14H19N5O3/c1-9-18-13(22-19-9)8-17-14(15)16-7-10-4-5-11(20-2)12(6-10)21-3/h4-6H,7-8H2,1-3H3,(H3,15,16,17). The van der Waals surface area contributed by atoms with Crippen LogP contribution in [0.2, 0.25) is 0 Å². The van der Waals surface area contributed by atoms with E-state index in [1.165, 1.54) is 0 Å². The summed E-state index contributed by atoms with van der Waals surface area (Å²) in [6.07, 6.45) is 0. The van der Waals surface area contributed by atoms with Crippen molar-refractivity contribution in [3.05, 3.63) is 35.5 Å². The number of aliphatic imine (C=N–C) groups is 1. The first kappa shape index (κ1) is 15.6. The van der Waals surface area contributed by atoms with E-state index < -0.39 is 0 Å². The van der Waals surface area contributed by atoms with Gasteiger partial charge >= 0.3 is 0 Å². The van der Waals surface area contributed by atoms with Gasteiger partial charge in [-0.3, -0.25) is 0 Å². The van der Waals surface area contributed by atoms with E-state index in [1.807, 2.05) is 18.2 Å². The fraction of sp³-hybridized carbons (Fsp3) is 0.357. The zero-order valence-corrected chi connectivity index (χ0v) is 12.8. The molecule has 0 saturated heterocycles. The highest BCUT2D eigenvalue weighted by Crippen LogP contribution is 2.27. The van der Waals surface area contributed by atoms with Crippen LogP contribution >= 0.6 is 0 Å². The predicted octanol–water partition coefficient (Wildman–Crippen LogP) is 1.000. The largest absolute Gasteiger partial charge is 0.493 e. The van der Waals surface area contributed by atoms with Gasteiger partial charge in [0.25, 0.3) is 0 Å². The third-order valence-electron chi connectivity index (χ3n) is 2.87. The minimum absolute atomic E-state index is 0.297. The molecule has 0 fully saturated rings. The Hall–Kier alpha value is -2.77. The maximum Gasteiger partial charge on any atom is 0.246 e. The van der Waals surface area contributed by atoms with Gasteiger partial charge in [-0.1, -0.05) is 11.2 Å². The van der Waals surface area contributed by atoms with Gasteiger partial charge in [0, 0.05) is 0 Å². The average molecular weight is 305 g/mol. The van der Waals surface area contributed by atoms with Crippen molar-refractivity contribution in [3.8, 4) is 11.5 Å². The molecule has 0 aliphatic heterocycles. The van der Waals surface area contributed by atoms with Crippen molar-refractivity contribution in [3.63, 3.8) is 0 Å². The minimum atomic E-state index is 0.297. The van der Waals surface area contributed by atoms with Crippen LogP contribution in [0.4, 0.5) is 0 Å². The van der Waals surface area contributed by atoms with Crippen molar-refractivity contribution < 1.29 is 14.0 Å². The second-order valence-corrected chi connectivity index (χ2v) is 4.48. The van der Waals surface area contributed by atoms with Crippen LogP contribution in [0, 0.1) is 6.92 Å². The Bertz CT molecular complexity index is 654. The molecule has 2 aromatic rings. The number of aryl methyl sites for hydroxylation is 1. The maximum atomic E-state index is 5.80. The number of nitrogens with one attached hydrogen (secondary N) is 1. The van der Waals surface area contributed by atoms with Crippen molar-refractivity contribution in [2.24, 2.45) is 10.7 Å². The van der Waals surface area contributed by atoms with Gasteiger partial charge in [-0.2, -0.15) is 4.98 Å². The quantitative estimate of drug-likeness (QED) is 0.605. The summed E-state index contributed by atoms with van der Waals surface area (Å²) < 4.78 is 15.4. The van der Waals surface area contributed by atoms with Crippen LogP contribution in [0.3, 0.4) is 0 Å². The third kappa shape index (κ3) is 4.11. The van der Waals surface area contributed by atoms with Gasteiger partial charge in [0.1, 0.15) is 0 Å². The fourth-order valence-electron chi connectivity index (χ4n) is 1.79. The molecular formula is C14H19N5O3. The van der Waals surface area contributed by atoms with Gasteiger partial charge in [-0.05, 0) is 24.6 Å². The molecule has 118 valence electrons. The maximum absolute atomic E-state index is 5.80. The third-order valence-corrected chi connectivity index (χ3v) is 2.87. The summed E-state index contributed by atoms with van der Waals surface area (Å²) in [6.45, 7) is 2.51. The second-order valence-electron chi connectivity index (χ2n) is 4.48. The highest BCUT2D eigenvalue weighted by molar-refractivity contribution is 5.77. The van der Waals surface area contributed by atoms with Crippen LogP contribution in [0.5, 0.6) is 11.5 Å². The highest BCUT2D eigenvalue weighted by Gasteiger charge is 2.05. The molecule has 22 heavy (non-hydrogen) atoms. The lowest BCUT2D eigenvalue weighted by molar-refractivity contribution is 0.354. The number of hydrogen-bond acceptors (Lipinski definition) is 6. The number of aromatic nitrogens is 2. The molecule has 8 nitrogen and oxygen atoms in total. The molecule has 2 rings (SSSR count). The smallest absolute Gasteiger partial charge is 0.246 e. The van der Waals surface area contributed by atoms with Gasteiger partial charge in [0.2, 0.25) is 5.89 Å². The summed E-state index contributed by atoms with van der Waals surface area (Å²) in [7, 11) is 3.18. The van der Waals surface area contributed by atoms with Crippen LogP contribution in [-0.4, -0.2) is 30.3 Å². The fourth-order valence-corrected chi connectivity index (χ4v) is 1.79. The second kappa shape index (κ2) is 7.30. The number of nitrogens with two attached hydrogens (primary N) is 1. The number of benzene rings is 1. The van der Waals surface area contributed by atoms with Gasteiger partial charge < -0.3 is 25.0 Å². The van der Waals surface area contributed by atoms with Gasteiger partial charge in [0.05, 0.1) is 27.3 Å². The number of rotatable bonds is 6. The molecule has 0 spiro atoms. The lowest BCUT2D eigenvalue weighted by Crippen LogP contribution is -2.31. The molecule has 8 heteroatoms. The molecule has 0 saturated carbocycles. The van der Waals surface area contributed by atoms with E-state index in [0.29, 0.717) is 42.3 Å². The molecule has 0 bridgehead atoms. The number of guanidine groups is 1. The van der Waals surface area contributed by atoms with Crippen molar-refractivity contribution in [1.29, 1.82) is 0 Å². The summed E-state index contributed by atoms with van der Waals surface area (Å²) in [5.74, 6) is 2.67. The van der Waals surface area contributed by atoms with Crippen LogP contribution in [0.15, 0.2) is 27.7 Å². The first-order valence-electron chi connectivity index (χ1n) is 6.66.